The molecule has 2 aromatic carbocycles. The summed E-state index contributed by atoms with van der Waals surface area (Å²) in [5, 5.41) is 15.6. The number of benzene rings is 2. The Morgan fingerprint density at radius 1 is 0.891 bits per heavy atom. The topological polar surface area (TPSA) is 222 Å². The molecule has 1 fully saturated rings. The van der Waals surface area contributed by atoms with Gasteiger partial charge < -0.3 is 38.8 Å². The molecule has 1 amide bonds. The molecule has 46 heavy (non-hydrogen) atoms. The van der Waals surface area contributed by atoms with Crippen molar-refractivity contribution < 1.29 is 57.5 Å². The van der Waals surface area contributed by atoms with E-state index in [4.69, 9.17) is 28.4 Å². The third kappa shape index (κ3) is 8.10. The zero-order valence-electron chi connectivity index (χ0n) is 25.1. The second-order valence-corrected chi connectivity index (χ2v) is 10.4. The average molecular weight is 641 g/mol. The van der Waals surface area contributed by atoms with E-state index < -0.39 is 79.9 Å². The number of carbonyl (C=O) groups is 5. The average Bonchev–Trinajstić information content (AvgIpc) is 3.32. The van der Waals surface area contributed by atoms with Gasteiger partial charge in [0.25, 0.3) is 0 Å². The van der Waals surface area contributed by atoms with Gasteiger partial charge in [-0.2, -0.15) is 0 Å². The first-order valence-corrected chi connectivity index (χ1v) is 14.1. The van der Waals surface area contributed by atoms with E-state index in [1.807, 2.05) is 48.5 Å². The minimum atomic E-state index is -1.67. The number of fused-ring (bicyclic) bond motifs is 3. The van der Waals surface area contributed by atoms with Gasteiger partial charge in [-0.3, -0.25) is 14.4 Å². The van der Waals surface area contributed by atoms with Crippen LogP contribution in [0, 0.1) is 0 Å². The van der Waals surface area contributed by atoms with Gasteiger partial charge in [0.1, 0.15) is 25.4 Å². The van der Waals surface area contributed by atoms with Gasteiger partial charge in [0.2, 0.25) is 0 Å². The van der Waals surface area contributed by atoms with Crippen LogP contribution in [0.15, 0.2) is 53.6 Å². The molecule has 0 bridgehead atoms. The highest BCUT2D eigenvalue weighted by molar-refractivity contribution is 5.81. The van der Waals surface area contributed by atoms with Gasteiger partial charge in [0, 0.05) is 31.6 Å². The number of nitrogens with zero attached hydrogens (tertiary/aromatic N) is 3. The van der Waals surface area contributed by atoms with Crippen LogP contribution in [0.5, 0.6) is 0 Å². The van der Waals surface area contributed by atoms with Crippen LogP contribution in [0.3, 0.4) is 0 Å². The highest BCUT2D eigenvalue weighted by atomic mass is 16.7. The van der Waals surface area contributed by atoms with E-state index in [0.717, 1.165) is 43.0 Å². The summed E-state index contributed by atoms with van der Waals surface area (Å²) >= 11 is 0. The van der Waals surface area contributed by atoms with Gasteiger partial charge in [-0.15, -0.1) is 0 Å². The maximum Gasteiger partial charge on any atom is 0.407 e. The van der Waals surface area contributed by atoms with Crippen molar-refractivity contribution in [1.29, 1.82) is 0 Å². The molecular weight excluding hydrogens is 608 g/mol. The number of carbonyl (C=O) groups excluding carboxylic acids is 4. The van der Waals surface area contributed by atoms with Crippen LogP contribution >= 0.6 is 0 Å². The molecule has 2 aliphatic rings. The second kappa shape index (κ2) is 15.2. The van der Waals surface area contributed by atoms with Crippen molar-refractivity contribution in [3.8, 4) is 11.1 Å². The molecule has 1 aliphatic carbocycles. The highest BCUT2D eigenvalue weighted by Crippen LogP contribution is 2.44. The predicted octanol–water partition coefficient (Wildman–Crippen LogP) is 2.83. The van der Waals surface area contributed by atoms with Gasteiger partial charge in [-0.05, 0) is 27.8 Å². The molecule has 1 heterocycles. The number of ether oxygens (including phenoxy) is 6. The summed E-state index contributed by atoms with van der Waals surface area (Å²) < 4.78 is 32.4. The van der Waals surface area contributed by atoms with Gasteiger partial charge >= 0.3 is 30.0 Å². The van der Waals surface area contributed by atoms with Crippen LogP contribution in [0.25, 0.3) is 21.6 Å². The maximum absolute atomic E-state index is 12.8. The minimum Gasteiger partial charge on any atom is -0.480 e. The first-order chi connectivity index (χ1) is 22.0. The number of azide groups is 1. The van der Waals surface area contributed by atoms with Crippen LogP contribution in [-0.2, 0) is 47.6 Å². The summed E-state index contributed by atoms with van der Waals surface area (Å²) in [5.41, 5.74) is 13.2. The smallest absolute Gasteiger partial charge is 0.407 e. The number of hydrogen-bond donors (Lipinski definition) is 2. The SMILES string of the molecule is CC(=O)OC[C@H]1O[C@H](OC[C@H](NC(=O)OCC2c3ccccc3-c3ccccc32)C(=O)O)[C@H](N=[N+]=[N-])[C@@H](OC(C)=O)[C@H]1OC(C)=O. The van der Waals surface area contributed by atoms with Crippen LogP contribution in [0.2, 0.25) is 0 Å². The van der Waals surface area contributed by atoms with E-state index in [1.54, 1.807) is 0 Å². The zero-order valence-corrected chi connectivity index (χ0v) is 25.1. The Bertz CT molecular complexity index is 1480. The van der Waals surface area contributed by atoms with Crippen molar-refractivity contribution in [2.75, 3.05) is 19.8 Å². The number of hydrogen-bond acceptors (Lipinski definition) is 12. The van der Waals surface area contributed by atoms with Crippen molar-refractivity contribution >= 4 is 30.0 Å². The lowest BCUT2D eigenvalue weighted by molar-refractivity contribution is -0.274. The molecule has 4 rings (SSSR count). The molecule has 244 valence electrons. The molecule has 16 heteroatoms. The van der Waals surface area contributed by atoms with Crippen molar-refractivity contribution in [3.05, 3.63) is 70.1 Å². The third-order valence-corrected chi connectivity index (χ3v) is 7.22. The Kier molecular flexibility index (Phi) is 11.1. The van der Waals surface area contributed by atoms with Crippen molar-refractivity contribution in [2.24, 2.45) is 5.11 Å². The minimum absolute atomic E-state index is 0.0722. The Morgan fingerprint density at radius 2 is 1.48 bits per heavy atom. The van der Waals surface area contributed by atoms with Crippen LogP contribution in [0.1, 0.15) is 37.8 Å². The summed E-state index contributed by atoms with van der Waals surface area (Å²) in [6.45, 7) is 1.96. The van der Waals surface area contributed by atoms with Gasteiger partial charge in [0.05, 0.1) is 6.61 Å². The van der Waals surface area contributed by atoms with E-state index in [-0.39, 0.29) is 12.5 Å². The van der Waals surface area contributed by atoms with Crippen molar-refractivity contribution in [1.82, 2.24) is 5.32 Å². The molecule has 1 saturated heterocycles. The number of nitrogens with one attached hydrogen (secondary N) is 1. The largest absolute Gasteiger partial charge is 0.480 e. The van der Waals surface area contributed by atoms with Gasteiger partial charge in [-0.25, -0.2) is 9.59 Å². The predicted molar refractivity (Wildman–Crippen MR) is 155 cm³/mol. The van der Waals surface area contributed by atoms with Gasteiger partial charge in [0.15, 0.2) is 24.5 Å². The summed E-state index contributed by atoms with van der Waals surface area (Å²) in [4.78, 5) is 62.8. The van der Waals surface area contributed by atoms with E-state index in [9.17, 15) is 34.6 Å². The lowest BCUT2D eigenvalue weighted by Gasteiger charge is -2.43. The lowest BCUT2D eigenvalue weighted by atomic mass is 9.96. The molecular formula is C30H32N4O12. The molecule has 0 radical (unpaired) electrons. The highest BCUT2D eigenvalue weighted by Gasteiger charge is 2.51. The first-order valence-electron chi connectivity index (χ1n) is 14.1. The Balaban J connectivity index is 1.46. The Morgan fingerprint density at radius 3 is 2.02 bits per heavy atom. The monoisotopic (exact) mass is 640 g/mol. The summed E-state index contributed by atoms with van der Waals surface area (Å²) in [6.07, 6.45) is -6.79. The molecule has 0 spiro atoms. The molecule has 16 nitrogen and oxygen atoms in total. The van der Waals surface area contributed by atoms with E-state index in [2.05, 4.69) is 15.3 Å². The van der Waals surface area contributed by atoms with E-state index >= 15 is 0 Å². The van der Waals surface area contributed by atoms with Crippen LogP contribution in [-0.4, -0.2) is 91.6 Å². The maximum atomic E-state index is 12.8. The number of aliphatic carboxylic acids is 1. The van der Waals surface area contributed by atoms with Crippen LogP contribution < -0.4 is 5.32 Å². The summed E-state index contributed by atoms with van der Waals surface area (Å²) in [7, 11) is 0. The van der Waals surface area contributed by atoms with Gasteiger partial charge in [-0.1, -0.05) is 53.6 Å². The van der Waals surface area contributed by atoms with Crippen molar-refractivity contribution in [3.63, 3.8) is 0 Å². The fourth-order valence-corrected chi connectivity index (χ4v) is 5.35. The number of carboxylic acid groups (broad SMARTS) is 1. The number of rotatable bonds is 12. The summed E-state index contributed by atoms with van der Waals surface area (Å²) in [6, 6.07) is 12.2. The molecule has 1 aliphatic heterocycles. The van der Waals surface area contributed by atoms with E-state index in [0.29, 0.717) is 0 Å². The van der Waals surface area contributed by atoms with E-state index in [1.165, 1.54) is 0 Å². The molecule has 0 aromatic heterocycles. The Labute approximate surface area is 262 Å². The zero-order chi connectivity index (χ0) is 33.4. The number of esters is 3. The number of carboxylic acids is 1. The molecule has 6 atom stereocenters. The standard InChI is InChI=1S/C30H32N4O12/c1-15(35)41-14-24-26(44-16(2)36)27(45-17(3)37)25(33-34-31)29(46-24)42-13-23(28(38)39)32-30(40)43-12-22-20-10-6-4-8-18(20)19-9-5-7-11-21(19)22/h4-11,22-27,29H,12-14H2,1-3H3,(H,32,40)(H,38,39)/t23-,24+,25+,26-,27+,29-/m0/s1. The normalized spacial score (nSPS) is 22.2. The molecule has 0 saturated carbocycles. The quantitative estimate of drug-likeness (QED) is 0.112. The van der Waals surface area contributed by atoms with Crippen LogP contribution in [0.4, 0.5) is 4.79 Å². The third-order valence-electron chi connectivity index (χ3n) is 7.22. The molecule has 2 N–H and O–H groups in total. The fraction of sp³-hybridized carbons (Fsp3) is 0.433. The molecule has 0 unspecified atom stereocenters. The summed E-state index contributed by atoms with van der Waals surface area (Å²) in [5.74, 6) is -4.11. The first kappa shape index (κ1) is 33.7. The van der Waals surface area contributed by atoms with Crippen molar-refractivity contribution in [2.45, 2.75) is 63.4 Å². The lowest BCUT2D eigenvalue weighted by Crippen LogP contribution is -2.61. The Hall–Kier alpha value is -5.18. The fourth-order valence-electron chi connectivity index (χ4n) is 5.35. The molecule has 2 aromatic rings. The number of alkyl carbamates (subject to hydrolysis) is 1. The number of amides is 1. The second-order valence-electron chi connectivity index (χ2n) is 10.4.